The zero-order chi connectivity index (χ0) is 13.0. The molecule has 4 heteroatoms. The normalized spacial score (nSPS) is 12.4. The largest absolute Gasteiger partial charge is 0.330 e. The predicted octanol–water partition coefficient (Wildman–Crippen LogP) is 2.74. The Morgan fingerprint density at radius 2 is 2.06 bits per heavy atom. The molecule has 0 aliphatic heterocycles. The minimum absolute atomic E-state index is 0.122. The molecule has 0 fully saturated rings. The summed E-state index contributed by atoms with van der Waals surface area (Å²) in [5.74, 6) is 0.528. The minimum atomic E-state index is -0.275. The van der Waals surface area contributed by atoms with E-state index in [9.17, 15) is 4.39 Å². The predicted molar refractivity (Wildman–Crippen MR) is 69.5 cm³/mol. The third kappa shape index (κ3) is 2.54. The SMILES string of the molecule is CCC(CN)c1nccc(-c2ccccc2F)n1. The van der Waals surface area contributed by atoms with Crippen molar-refractivity contribution in [3.05, 3.63) is 48.2 Å². The summed E-state index contributed by atoms with van der Waals surface area (Å²) in [5.41, 5.74) is 6.78. The van der Waals surface area contributed by atoms with Crippen molar-refractivity contribution in [3.63, 3.8) is 0 Å². The van der Waals surface area contributed by atoms with E-state index in [-0.39, 0.29) is 11.7 Å². The number of benzene rings is 1. The van der Waals surface area contributed by atoms with Crippen LogP contribution in [0.3, 0.4) is 0 Å². The number of hydrogen-bond donors (Lipinski definition) is 1. The van der Waals surface area contributed by atoms with Crippen molar-refractivity contribution in [3.8, 4) is 11.3 Å². The molecule has 0 aliphatic rings. The van der Waals surface area contributed by atoms with E-state index in [1.165, 1.54) is 6.07 Å². The summed E-state index contributed by atoms with van der Waals surface area (Å²) < 4.78 is 13.7. The van der Waals surface area contributed by atoms with Crippen LogP contribution in [0.4, 0.5) is 4.39 Å². The fourth-order valence-electron chi connectivity index (χ4n) is 1.84. The molecule has 0 saturated heterocycles. The second-order valence-electron chi connectivity index (χ2n) is 4.12. The monoisotopic (exact) mass is 245 g/mol. The zero-order valence-electron chi connectivity index (χ0n) is 10.3. The lowest BCUT2D eigenvalue weighted by Crippen LogP contribution is -2.14. The number of nitrogens with zero attached hydrogens (tertiary/aromatic N) is 2. The molecule has 1 atom stereocenters. The molecule has 2 rings (SSSR count). The molecular formula is C14H16FN3. The Bertz CT molecular complexity index is 524. The van der Waals surface area contributed by atoms with Gasteiger partial charge < -0.3 is 5.73 Å². The molecule has 3 nitrogen and oxygen atoms in total. The Hall–Kier alpha value is -1.81. The van der Waals surface area contributed by atoms with Crippen LogP contribution >= 0.6 is 0 Å². The van der Waals surface area contributed by atoms with Gasteiger partial charge in [-0.3, -0.25) is 0 Å². The Morgan fingerprint density at radius 3 is 2.72 bits per heavy atom. The first-order chi connectivity index (χ1) is 8.76. The van der Waals surface area contributed by atoms with Crippen LogP contribution in [0, 0.1) is 5.82 Å². The molecule has 2 aromatic rings. The van der Waals surface area contributed by atoms with E-state index in [1.54, 1.807) is 30.5 Å². The van der Waals surface area contributed by atoms with Crippen molar-refractivity contribution in [2.45, 2.75) is 19.3 Å². The van der Waals surface area contributed by atoms with Crippen LogP contribution < -0.4 is 5.73 Å². The van der Waals surface area contributed by atoms with E-state index < -0.39 is 0 Å². The van der Waals surface area contributed by atoms with E-state index >= 15 is 0 Å². The lowest BCUT2D eigenvalue weighted by molar-refractivity contribution is 0.623. The quantitative estimate of drug-likeness (QED) is 0.901. The number of rotatable bonds is 4. The molecule has 94 valence electrons. The van der Waals surface area contributed by atoms with Gasteiger partial charge in [-0.1, -0.05) is 19.1 Å². The average Bonchev–Trinajstić information content (AvgIpc) is 2.41. The summed E-state index contributed by atoms with van der Waals surface area (Å²) >= 11 is 0. The van der Waals surface area contributed by atoms with Gasteiger partial charge in [0.25, 0.3) is 0 Å². The van der Waals surface area contributed by atoms with Crippen molar-refractivity contribution in [2.24, 2.45) is 5.73 Å². The van der Waals surface area contributed by atoms with E-state index in [4.69, 9.17) is 5.73 Å². The lowest BCUT2D eigenvalue weighted by atomic mass is 10.1. The van der Waals surface area contributed by atoms with Crippen molar-refractivity contribution >= 4 is 0 Å². The standard InChI is InChI=1S/C14H16FN3/c1-2-10(9-16)14-17-8-7-13(18-14)11-5-3-4-6-12(11)15/h3-8,10H,2,9,16H2,1H3. The second-order valence-corrected chi connectivity index (χ2v) is 4.12. The van der Waals surface area contributed by atoms with Crippen LogP contribution in [0.25, 0.3) is 11.3 Å². The highest BCUT2D eigenvalue weighted by Gasteiger charge is 2.12. The molecule has 1 heterocycles. The average molecular weight is 245 g/mol. The molecule has 0 amide bonds. The van der Waals surface area contributed by atoms with Gasteiger partial charge in [0.05, 0.1) is 5.69 Å². The smallest absolute Gasteiger partial charge is 0.133 e. The summed E-state index contributed by atoms with van der Waals surface area (Å²) in [7, 11) is 0. The number of hydrogen-bond acceptors (Lipinski definition) is 3. The highest BCUT2D eigenvalue weighted by Crippen LogP contribution is 2.22. The Morgan fingerprint density at radius 1 is 1.28 bits per heavy atom. The van der Waals surface area contributed by atoms with E-state index in [2.05, 4.69) is 9.97 Å². The lowest BCUT2D eigenvalue weighted by Gasteiger charge is -2.11. The van der Waals surface area contributed by atoms with Gasteiger partial charge in [-0.25, -0.2) is 14.4 Å². The molecular weight excluding hydrogens is 229 g/mol. The molecule has 0 aliphatic carbocycles. The van der Waals surface area contributed by atoms with Gasteiger partial charge in [0, 0.05) is 24.2 Å². The van der Waals surface area contributed by atoms with Gasteiger partial charge in [-0.15, -0.1) is 0 Å². The second kappa shape index (κ2) is 5.69. The topological polar surface area (TPSA) is 51.8 Å². The molecule has 0 saturated carbocycles. The molecule has 0 radical (unpaired) electrons. The first-order valence-electron chi connectivity index (χ1n) is 6.04. The minimum Gasteiger partial charge on any atom is -0.330 e. The summed E-state index contributed by atoms with van der Waals surface area (Å²) in [6, 6.07) is 8.31. The van der Waals surface area contributed by atoms with Gasteiger partial charge in [-0.2, -0.15) is 0 Å². The highest BCUT2D eigenvalue weighted by atomic mass is 19.1. The molecule has 1 aromatic carbocycles. The maximum atomic E-state index is 13.7. The highest BCUT2D eigenvalue weighted by molar-refractivity contribution is 5.59. The number of nitrogens with two attached hydrogens (primary N) is 1. The molecule has 1 unspecified atom stereocenters. The molecule has 0 spiro atoms. The van der Waals surface area contributed by atoms with E-state index in [0.29, 0.717) is 23.6 Å². The maximum absolute atomic E-state index is 13.7. The first-order valence-corrected chi connectivity index (χ1v) is 6.04. The van der Waals surface area contributed by atoms with E-state index in [1.807, 2.05) is 6.92 Å². The van der Waals surface area contributed by atoms with Crippen molar-refractivity contribution in [1.29, 1.82) is 0 Å². The van der Waals surface area contributed by atoms with Crippen LogP contribution in [-0.4, -0.2) is 16.5 Å². The first kappa shape index (κ1) is 12.6. The van der Waals surface area contributed by atoms with Gasteiger partial charge in [0.15, 0.2) is 0 Å². The van der Waals surface area contributed by atoms with Crippen LogP contribution in [0.2, 0.25) is 0 Å². The van der Waals surface area contributed by atoms with Gasteiger partial charge in [-0.05, 0) is 24.6 Å². The summed E-state index contributed by atoms with van der Waals surface area (Å²) in [5, 5.41) is 0. The van der Waals surface area contributed by atoms with Crippen LogP contribution in [0.15, 0.2) is 36.5 Å². The summed E-state index contributed by atoms with van der Waals surface area (Å²) in [4.78, 5) is 8.64. The van der Waals surface area contributed by atoms with Crippen LogP contribution in [0.1, 0.15) is 25.1 Å². The zero-order valence-corrected chi connectivity index (χ0v) is 10.3. The third-order valence-corrected chi connectivity index (χ3v) is 2.97. The van der Waals surface area contributed by atoms with Crippen molar-refractivity contribution in [1.82, 2.24) is 9.97 Å². The fraction of sp³-hybridized carbons (Fsp3) is 0.286. The van der Waals surface area contributed by atoms with Gasteiger partial charge in [0.2, 0.25) is 0 Å². The van der Waals surface area contributed by atoms with Gasteiger partial charge in [0.1, 0.15) is 11.6 Å². The van der Waals surface area contributed by atoms with E-state index in [0.717, 1.165) is 6.42 Å². The maximum Gasteiger partial charge on any atom is 0.133 e. The molecule has 1 aromatic heterocycles. The number of halogens is 1. The van der Waals surface area contributed by atoms with Crippen LogP contribution in [0.5, 0.6) is 0 Å². The van der Waals surface area contributed by atoms with Crippen LogP contribution in [-0.2, 0) is 0 Å². The van der Waals surface area contributed by atoms with Crippen molar-refractivity contribution in [2.75, 3.05) is 6.54 Å². The van der Waals surface area contributed by atoms with Crippen molar-refractivity contribution < 1.29 is 4.39 Å². The van der Waals surface area contributed by atoms with Gasteiger partial charge >= 0.3 is 0 Å². The Labute approximate surface area is 106 Å². The fourth-order valence-corrected chi connectivity index (χ4v) is 1.84. The molecule has 2 N–H and O–H groups in total. The molecule has 0 bridgehead atoms. The Balaban J connectivity index is 2.42. The molecule has 18 heavy (non-hydrogen) atoms. The summed E-state index contributed by atoms with van der Waals surface area (Å²) in [6.45, 7) is 2.54. The summed E-state index contributed by atoms with van der Waals surface area (Å²) in [6.07, 6.45) is 2.53. The third-order valence-electron chi connectivity index (χ3n) is 2.97. The number of aromatic nitrogens is 2. The Kier molecular flexibility index (Phi) is 3.99.